The maximum Gasteiger partial charge on any atom is 0.251 e. The van der Waals surface area contributed by atoms with Crippen LogP contribution in [0.4, 0.5) is 0 Å². The van der Waals surface area contributed by atoms with Gasteiger partial charge in [-0.05, 0) is 25.1 Å². The number of methoxy groups -OCH3 is 1. The van der Waals surface area contributed by atoms with Crippen molar-refractivity contribution in [2.24, 2.45) is 0 Å². The topological polar surface area (TPSA) is 47.6 Å². The zero-order chi connectivity index (χ0) is 12.7. The second-order valence-corrected chi connectivity index (χ2v) is 3.32. The van der Waals surface area contributed by atoms with Gasteiger partial charge in [-0.2, -0.15) is 0 Å². The molecule has 1 rings (SSSR count). The molecule has 4 nitrogen and oxygen atoms in total. The lowest BCUT2D eigenvalue weighted by Gasteiger charge is -2.10. The summed E-state index contributed by atoms with van der Waals surface area (Å²) in [4.78, 5) is 11.6. The van der Waals surface area contributed by atoms with Crippen LogP contribution < -0.4 is 14.8 Å². The lowest BCUT2D eigenvalue weighted by molar-refractivity contribution is 0.0955. The van der Waals surface area contributed by atoms with Gasteiger partial charge in [-0.3, -0.25) is 4.79 Å². The lowest BCUT2D eigenvalue weighted by Crippen LogP contribution is -2.22. The fourth-order valence-electron chi connectivity index (χ4n) is 1.34. The molecule has 92 valence electrons. The first-order chi connectivity index (χ1) is 8.22. The Kier molecular flexibility index (Phi) is 5.07. The Hall–Kier alpha value is -1.97. The van der Waals surface area contributed by atoms with Crippen LogP contribution in [0, 0.1) is 0 Å². The first kappa shape index (κ1) is 13.1. The van der Waals surface area contributed by atoms with Crippen molar-refractivity contribution in [1.82, 2.24) is 5.32 Å². The third-order valence-corrected chi connectivity index (χ3v) is 2.12. The molecular formula is C13H17NO3. The van der Waals surface area contributed by atoms with E-state index in [1.807, 2.05) is 6.92 Å². The van der Waals surface area contributed by atoms with Crippen LogP contribution in [0.25, 0.3) is 0 Å². The number of hydrogen-bond acceptors (Lipinski definition) is 3. The van der Waals surface area contributed by atoms with Crippen LogP contribution in [-0.4, -0.2) is 26.2 Å². The Morgan fingerprint density at radius 1 is 1.47 bits per heavy atom. The molecular weight excluding hydrogens is 218 g/mol. The van der Waals surface area contributed by atoms with Crippen LogP contribution >= 0.6 is 0 Å². The van der Waals surface area contributed by atoms with Gasteiger partial charge in [-0.25, -0.2) is 0 Å². The molecule has 0 atom stereocenters. The Morgan fingerprint density at radius 2 is 2.24 bits per heavy atom. The first-order valence-corrected chi connectivity index (χ1v) is 5.42. The number of carbonyl (C=O) groups excluding carboxylic acids is 1. The van der Waals surface area contributed by atoms with E-state index in [2.05, 4.69) is 11.9 Å². The van der Waals surface area contributed by atoms with Crippen molar-refractivity contribution in [3.05, 3.63) is 36.4 Å². The predicted molar refractivity (Wildman–Crippen MR) is 66.7 cm³/mol. The van der Waals surface area contributed by atoms with E-state index in [1.165, 1.54) is 7.11 Å². The molecule has 0 aliphatic rings. The normalized spacial score (nSPS) is 9.53. The predicted octanol–water partition coefficient (Wildman–Crippen LogP) is 2.01. The number of hydrogen-bond donors (Lipinski definition) is 1. The van der Waals surface area contributed by atoms with Crippen molar-refractivity contribution in [3.63, 3.8) is 0 Å². The van der Waals surface area contributed by atoms with Gasteiger partial charge in [0.2, 0.25) is 0 Å². The zero-order valence-corrected chi connectivity index (χ0v) is 10.2. The van der Waals surface area contributed by atoms with Gasteiger partial charge in [0.1, 0.15) is 6.61 Å². The molecule has 0 spiro atoms. The smallest absolute Gasteiger partial charge is 0.251 e. The summed E-state index contributed by atoms with van der Waals surface area (Å²) in [5.74, 6) is 1.01. The molecule has 0 saturated heterocycles. The van der Waals surface area contributed by atoms with Crippen molar-refractivity contribution in [2.45, 2.75) is 6.92 Å². The van der Waals surface area contributed by atoms with Gasteiger partial charge in [-0.15, -0.1) is 0 Å². The van der Waals surface area contributed by atoms with E-state index < -0.39 is 0 Å². The number of ether oxygens (including phenoxy) is 2. The highest BCUT2D eigenvalue weighted by atomic mass is 16.5. The van der Waals surface area contributed by atoms with E-state index in [9.17, 15) is 4.79 Å². The Labute approximate surface area is 101 Å². The third kappa shape index (κ3) is 3.52. The minimum absolute atomic E-state index is 0.124. The third-order valence-electron chi connectivity index (χ3n) is 2.12. The molecule has 1 aromatic carbocycles. The largest absolute Gasteiger partial charge is 0.493 e. The van der Waals surface area contributed by atoms with Crippen molar-refractivity contribution in [2.75, 3.05) is 20.3 Å². The molecule has 0 unspecified atom stereocenters. The number of nitrogens with one attached hydrogen (secondary N) is 1. The summed E-state index contributed by atoms with van der Waals surface area (Å²) in [6, 6.07) is 5.07. The van der Waals surface area contributed by atoms with E-state index in [1.54, 1.807) is 24.3 Å². The van der Waals surface area contributed by atoms with Gasteiger partial charge in [0.05, 0.1) is 7.11 Å². The Bertz CT molecular complexity index is 402. The van der Waals surface area contributed by atoms with Crippen molar-refractivity contribution < 1.29 is 14.3 Å². The highest BCUT2D eigenvalue weighted by Gasteiger charge is 2.09. The van der Waals surface area contributed by atoms with Crippen LogP contribution in [0.3, 0.4) is 0 Å². The van der Waals surface area contributed by atoms with Gasteiger partial charge in [0, 0.05) is 12.1 Å². The van der Waals surface area contributed by atoms with Crippen LogP contribution in [-0.2, 0) is 0 Å². The molecule has 1 aromatic rings. The number of carbonyl (C=O) groups is 1. The maximum absolute atomic E-state index is 11.6. The lowest BCUT2D eigenvalue weighted by atomic mass is 10.2. The average molecular weight is 235 g/mol. The van der Waals surface area contributed by atoms with Crippen LogP contribution in [0.2, 0.25) is 0 Å². The summed E-state index contributed by atoms with van der Waals surface area (Å²) >= 11 is 0. The Balaban J connectivity index is 2.91. The highest BCUT2D eigenvalue weighted by molar-refractivity contribution is 5.94. The van der Waals surface area contributed by atoms with Gasteiger partial charge in [-0.1, -0.05) is 12.7 Å². The first-order valence-electron chi connectivity index (χ1n) is 5.42. The van der Waals surface area contributed by atoms with Crippen LogP contribution in [0.1, 0.15) is 17.3 Å². The number of benzene rings is 1. The van der Waals surface area contributed by atoms with E-state index in [0.717, 1.165) is 0 Å². The monoisotopic (exact) mass is 235 g/mol. The number of amides is 1. The maximum atomic E-state index is 11.6. The minimum Gasteiger partial charge on any atom is -0.493 e. The average Bonchev–Trinajstić information content (AvgIpc) is 2.36. The van der Waals surface area contributed by atoms with Crippen LogP contribution in [0.5, 0.6) is 11.5 Å². The van der Waals surface area contributed by atoms with Gasteiger partial charge < -0.3 is 14.8 Å². The highest BCUT2D eigenvalue weighted by Crippen LogP contribution is 2.27. The molecule has 17 heavy (non-hydrogen) atoms. The summed E-state index contributed by atoms with van der Waals surface area (Å²) < 4.78 is 10.6. The molecule has 1 N–H and O–H groups in total. The van der Waals surface area contributed by atoms with Crippen molar-refractivity contribution in [1.29, 1.82) is 0 Å². The molecule has 0 fully saturated rings. The zero-order valence-electron chi connectivity index (χ0n) is 10.2. The summed E-state index contributed by atoms with van der Waals surface area (Å²) in [5.41, 5.74) is 0.551. The van der Waals surface area contributed by atoms with E-state index in [4.69, 9.17) is 9.47 Å². The molecule has 0 aliphatic carbocycles. The summed E-state index contributed by atoms with van der Waals surface area (Å²) in [6.07, 6.45) is 1.65. The SMILES string of the molecule is C=CCOc1ccc(C(=O)NCC)cc1OC. The molecule has 4 heteroatoms. The molecule has 0 saturated carbocycles. The fourth-order valence-corrected chi connectivity index (χ4v) is 1.34. The van der Waals surface area contributed by atoms with E-state index in [-0.39, 0.29) is 5.91 Å². The molecule has 0 aromatic heterocycles. The van der Waals surface area contributed by atoms with Crippen molar-refractivity contribution in [3.8, 4) is 11.5 Å². The standard InChI is InChI=1S/C13H17NO3/c1-4-8-17-11-7-6-10(9-12(11)16-3)13(15)14-5-2/h4,6-7,9H,1,5,8H2,2-3H3,(H,14,15). The molecule has 0 aliphatic heterocycles. The van der Waals surface area contributed by atoms with Gasteiger partial charge >= 0.3 is 0 Å². The molecule has 0 bridgehead atoms. The van der Waals surface area contributed by atoms with E-state index in [0.29, 0.717) is 30.2 Å². The minimum atomic E-state index is -0.124. The quantitative estimate of drug-likeness (QED) is 0.767. The van der Waals surface area contributed by atoms with Gasteiger partial charge in [0.25, 0.3) is 5.91 Å². The molecule has 0 heterocycles. The van der Waals surface area contributed by atoms with Gasteiger partial charge in [0.15, 0.2) is 11.5 Å². The fraction of sp³-hybridized carbons (Fsp3) is 0.308. The van der Waals surface area contributed by atoms with Crippen LogP contribution in [0.15, 0.2) is 30.9 Å². The molecule has 1 amide bonds. The van der Waals surface area contributed by atoms with Crippen molar-refractivity contribution >= 4 is 5.91 Å². The summed E-state index contributed by atoms with van der Waals surface area (Å²) in [7, 11) is 1.54. The Morgan fingerprint density at radius 3 is 2.82 bits per heavy atom. The summed E-state index contributed by atoms with van der Waals surface area (Å²) in [5, 5.41) is 2.72. The second kappa shape index (κ2) is 6.58. The summed E-state index contributed by atoms with van der Waals surface area (Å²) in [6.45, 7) is 6.44. The second-order valence-electron chi connectivity index (χ2n) is 3.32. The number of rotatable bonds is 6. The van der Waals surface area contributed by atoms with E-state index >= 15 is 0 Å². The molecule has 0 radical (unpaired) electrons.